The lowest BCUT2D eigenvalue weighted by atomic mass is 10.0. The van der Waals surface area contributed by atoms with E-state index in [4.69, 9.17) is 11.6 Å². The summed E-state index contributed by atoms with van der Waals surface area (Å²) in [5, 5.41) is 1.64. The maximum absolute atomic E-state index is 11.2. The third kappa shape index (κ3) is 2.46. The highest BCUT2D eigenvalue weighted by molar-refractivity contribution is 7.09. The molecule has 3 heteroatoms. The minimum atomic E-state index is -0.387. The van der Waals surface area contributed by atoms with Crippen LogP contribution in [0.1, 0.15) is 20.8 Å². The summed E-state index contributed by atoms with van der Waals surface area (Å²) in [6, 6.07) is 11.5. The lowest BCUT2D eigenvalue weighted by Crippen LogP contribution is -1.97. The van der Waals surface area contributed by atoms with Gasteiger partial charge in [-0.1, -0.05) is 24.3 Å². The molecule has 1 nitrogen and oxygen atoms in total. The summed E-state index contributed by atoms with van der Waals surface area (Å²) in [5.41, 5.74) is 1.59. The molecule has 15 heavy (non-hydrogen) atoms. The van der Waals surface area contributed by atoms with E-state index in [0.29, 0.717) is 5.56 Å². The number of halogens is 1. The summed E-state index contributed by atoms with van der Waals surface area (Å²) in [4.78, 5) is 12.4. The number of benzene rings is 1. The zero-order valence-electron chi connectivity index (χ0n) is 7.94. The number of hydrogen-bond donors (Lipinski definition) is 0. The van der Waals surface area contributed by atoms with Crippen LogP contribution >= 0.6 is 22.9 Å². The van der Waals surface area contributed by atoms with Crippen LogP contribution in [-0.2, 0) is 6.42 Å². The molecule has 0 radical (unpaired) electrons. The Bertz CT molecular complexity index is 462. The van der Waals surface area contributed by atoms with Crippen LogP contribution in [0, 0.1) is 0 Å². The maximum Gasteiger partial charge on any atom is 0.252 e. The minimum Gasteiger partial charge on any atom is -0.276 e. The first-order valence-electron chi connectivity index (χ1n) is 4.57. The number of hydrogen-bond acceptors (Lipinski definition) is 2. The molecule has 2 aromatic rings. The van der Waals surface area contributed by atoms with Crippen molar-refractivity contribution < 1.29 is 4.79 Å². The van der Waals surface area contributed by atoms with Gasteiger partial charge in [0.05, 0.1) is 0 Å². The molecule has 0 fully saturated rings. The summed E-state index contributed by atoms with van der Waals surface area (Å²) >= 11 is 7.20. The summed E-state index contributed by atoms with van der Waals surface area (Å²) in [6.45, 7) is 0. The third-order valence-corrected chi connectivity index (χ3v) is 3.25. The monoisotopic (exact) mass is 236 g/mol. The van der Waals surface area contributed by atoms with E-state index in [1.54, 1.807) is 17.4 Å². The highest BCUT2D eigenvalue weighted by Crippen LogP contribution is 2.19. The summed E-state index contributed by atoms with van der Waals surface area (Å²) in [6.07, 6.45) is 0.770. The molecule has 1 aromatic heterocycles. The molecule has 0 amide bonds. The van der Waals surface area contributed by atoms with Crippen molar-refractivity contribution in [2.75, 3.05) is 0 Å². The topological polar surface area (TPSA) is 17.1 Å². The van der Waals surface area contributed by atoms with Gasteiger partial charge in [0.1, 0.15) is 0 Å². The standard InChI is InChI=1S/C12H9ClOS/c13-12(14)11-6-2-1-4-9(11)8-10-5-3-7-15-10/h1-7H,8H2. The Kier molecular flexibility index (Phi) is 3.19. The minimum absolute atomic E-state index is 0.387. The van der Waals surface area contributed by atoms with Crippen LogP contribution in [0.15, 0.2) is 41.8 Å². The van der Waals surface area contributed by atoms with Gasteiger partial charge in [-0.05, 0) is 34.7 Å². The van der Waals surface area contributed by atoms with Gasteiger partial charge in [-0.15, -0.1) is 11.3 Å². The van der Waals surface area contributed by atoms with E-state index in [9.17, 15) is 4.79 Å². The van der Waals surface area contributed by atoms with E-state index in [2.05, 4.69) is 6.07 Å². The molecule has 0 aliphatic carbocycles. The second kappa shape index (κ2) is 4.60. The van der Waals surface area contributed by atoms with E-state index in [-0.39, 0.29) is 5.24 Å². The first kappa shape index (κ1) is 10.4. The van der Waals surface area contributed by atoms with Gasteiger partial charge in [0, 0.05) is 16.9 Å². The van der Waals surface area contributed by atoms with Gasteiger partial charge in [0.15, 0.2) is 0 Å². The molecule has 0 aliphatic heterocycles. The van der Waals surface area contributed by atoms with E-state index in [0.717, 1.165) is 12.0 Å². The average molecular weight is 237 g/mol. The van der Waals surface area contributed by atoms with Crippen LogP contribution in [0.2, 0.25) is 0 Å². The van der Waals surface area contributed by atoms with Crippen molar-refractivity contribution in [1.82, 2.24) is 0 Å². The summed E-state index contributed by atoms with van der Waals surface area (Å²) in [7, 11) is 0. The van der Waals surface area contributed by atoms with Gasteiger partial charge in [-0.25, -0.2) is 0 Å². The van der Waals surface area contributed by atoms with Crippen LogP contribution in [0.3, 0.4) is 0 Å². The van der Waals surface area contributed by atoms with Gasteiger partial charge in [0.2, 0.25) is 0 Å². The number of rotatable bonds is 3. The Labute approximate surface area is 97.3 Å². The normalized spacial score (nSPS) is 10.2. The molecule has 2 rings (SSSR count). The molecule has 76 valence electrons. The van der Waals surface area contributed by atoms with Crippen molar-refractivity contribution in [3.63, 3.8) is 0 Å². The predicted molar refractivity (Wildman–Crippen MR) is 63.8 cm³/mol. The van der Waals surface area contributed by atoms with Crippen LogP contribution in [0.5, 0.6) is 0 Å². The quantitative estimate of drug-likeness (QED) is 0.743. The van der Waals surface area contributed by atoms with Crippen molar-refractivity contribution in [2.45, 2.75) is 6.42 Å². The second-order valence-corrected chi connectivity index (χ2v) is 4.56. The van der Waals surface area contributed by atoms with Crippen molar-refractivity contribution in [3.8, 4) is 0 Å². The van der Waals surface area contributed by atoms with Crippen LogP contribution in [-0.4, -0.2) is 5.24 Å². The lowest BCUT2D eigenvalue weighted by molar-refractivity contribution is 0.108. The molecule has 1 heterocycles. The molecule has 0 N–H and O–H groups in total. The predicted octanol–water partition coefficient (Wildman–Crippen LogP) is 3.72. The fourth-order valence-corrected chi connectivity index (χ4v) is 2.38. The Balaban J connectivity index is 2.32. The van der Waals surface area contributed by atoms with Crippen LogP contribution < -0.4 is 0 Å². The largest absolute Gasteiger partial charge is 0.276 e. The fraction of sp³-hybridized carbons (Fsp3) is 0.0833. The summed E-state index contributed by atoms with van der Waals surface area (Å²) < 4.78 is 0. The Morgan fingerprint density at radius 1 is 1.20 bits per heavy atom. The molecule has 0 saturated carbocycles. The number of carbonyl (C=O) groups is 1. The maximum atomic E-state index is 11.2. The number of carbonyl (C=O) groups excluding carboxylic acids is 1. The van der Waals surface area contributed by atoms with Gasteiger partial charge in [-0.3, -0.25) is 4.79 Å². The Hall–Kier alpha value is -1.12. The third-order valence-electron chi connectivity index (χ3n) is 2.17. The molecular weight excluding hydrogens is 228 g/mol. The van der Waals surface area contributed by atoms with Gasteiger partial charge < -0.3 is 0 Å². The Morgan fingerprint density at radius 3 is 2.67 bits per heavy atom. The van der Waals surface area contributed by atoms with E-state index >= 15 is 0 Å². The summed E-state index contributed by atoms with van der Waals surface area (Å²) in [5.74, 6) is 0. The molecule has 0 bridgehead atoms. The number of thiophene rings is 1. The highest BCUT2D eigenvalue weighted by Gasteiger charge is 2.08. The van der Waals surface area contributed by atoms with Crippen molar-refractivity contribution in [3.05, 3.63) is 57.8 Å². The molecule has 0 atom stereocenters. The lowest BCUT2D eigenvalue weighted by Gasteiger charge is -2.03. The van der Waals surface area contributed by atoms with Gasteiger partial charge in [-0.2, -0.15) is 0 Å². The van der Waals surface area contributed by atoms with Crippen molar-refractivity contribution >= 4 is 28.2 Å². The molecule has 0 spiro atoms. The van der Waals surface area contributed by atoms with Crippen LogP contribution in [0.25, 0.3) is 0 Å². The highest BCUT2D eigenvalue weighted by atomic mass is 35.5. The zero-order valence-corrected chi connectivity index (χ0v) is 9.52. The van der Waals surface area contributed by atoms with Crippen molar-refractivity contribution in [2.24, 2.45) is 0 Å². The molecular formula is C12H9ClOS. The first-order valence-corrected chi connectivity index (χ1v) is 5.83. The second-order valence-electron chi connectivity index (χ2n) is 3.19. The fourth-order valence-electron chi connectivity index (χ4n) is 1.47. The van der Waals surface area contributed by atoms with Crippen molar-refractivity contribution in [1.29, 1.82) is 0 Å². The molecule has 0 unspecified atom stereocenters. The van der Waals surface area contributed by atoms with Gasteiger partial charge >= 0.3 is 0 Å². The van der Waals surface area contributed by atoms with E-state index < -0.39 is 0 Å². The van der Waals surface area contributed by atoms with Gasteiger partial charge in [0.25, 0.3) is 5.24 Å². The van der Waals surface area contributed by atoms with Crippen LogP contribution in [0.4, 0.5) is 0 Å². The molecule has 1 aromatic carbocycles. The van der Waals surface area contributed by atoms with E-state index in [1.165, 1.54) is 4.88 Å². The Morgan fingerprint density at radius 2 is 2.00 bits per heavy atom. The first-order chi connectivity index (χ1) is 7.27. The smallest absolute Gasteiger partial charge is 0.252 e. The molecule has 0 aliphatic rings. The SMILES string of the molecule is O=C(Cl)c1ccccc1Cc1cccs1. The van der Waals surface area contributed by atoms with E-state index in [1.807, 2.05) is 29.6 Å². The molecule has 0 saturated heterocycles. The zero-order chi connectivity index (χ0) is 10.7. The average Bonchev–Trinajstić information content (AvgIpc) is 2.71.